The topological polar surface area (TPSA) is 84.2 Å². The quantitative estimate of drug-likeness (QED) is 0.465. The molecule has 2 unspecified atom stereocenters. The third kappa shape index (κ3) is 7.27. The van der Waals surface area contributed by atoms with Crippen molar-refractivity contribution in [1.82, 2.24) is 10.6 Å². The van der Waals surface area contributed by atoms with Gasteiger partial charge in [0.1, 0.15) is 0 Å². The van der Waals surface area contributed by atoms with E-state index in [4.69, 9.17) is 5.73 Å². The van der Waals surface area contributed by atoms with Crippen LogP contribution in [0, 0.1) is 0 Å². The van der Waals surface area contributed by atoms with E-state index in [2.05, 4.69) is 10.6 Å². The largest absolute Gasteiger partial charge is 0.352 e. The van der Waals surface area contributed by atoms with Crippen LogP contribution in [-0.2, 0) is 9.59 Å². The van der Waals surface area contributed by atoms with Crippen molar-refractivity contribution in [1.29, 1.82) is 0 Å². The van der Waals surface area contributed by atoms with Crippen molar-refractivity contribution >= 4 is 12.3 Å². The van der Waals surface area contributed by atoms with Crippen molar-refractivity contribution in [2.24, 2.45) is 5.73 Å². The SMILES string of the molecule is CC(N)CC(C)NC(=O)CNC=O. The molecular weight excluding hydrogens is 170 g/mol. The normalized spacial score (nSPS) is 14.4. The van der Waals surface area contributed by atoms with E-state index in [1.54, 1.807) is 0 Å². The van der Waals surface area contributed by atoms with Gasteiger partial charge in [-0.2, -0.15) is 0 Å². The van der Waals surface area contributed by atoms with Crippen LogP contribution >= 0.6 is 0 Å². The third-order valence-corrected chi connectivity index (χ3v) is 1.48. The second kappa shape index (κ2) is 6.42. The molecule has 0 radical (unpaired) electrons. The molecule has 0 aliphatic carbocycles. The smallest absolute Gasteiger partial charge is 0.239 e. The molecule has 0 aliphatic heterocycles. The molecule has 0 rings (SSSR count). The molecule has 0 bridgehead atoms. The van der Waals surface area contributed by atoms with Gasteiger partial charge in [0.05, 0.1) is 6.54 Å². The molecule has 4 N–H and O–H groups in total. The lowest BCUT2D eigenvalue weighted by molar-refractivity contribution is -0.122. The second-order valence-corrected chi connectivity index (χ2v) is 3.18. The molecule has 2 amide bonds. The van der Waals surface area contributed by atoms with E-state index in [1.165, 1.54) is 0 Å². The zero-order valence-corrected chi connectivity index (χ0v) is 8.04. The van der Waals surface area contributed by atoms with Crippen LogP contribution in [0.1, 0.15) is 20.3 Å². The summed E-state index contributed by atoms with van der Waals surface area (Å²) in [5.41, 5.74) is 5.55. The highest BCUT2D eigenvalue weighted by molar-refractivity contribution is 5.79. The van der Waals surface area contributed by atoms with Crippen molar-refractivity contribution < 1.29 is 9.59 Å². The predicted octanol–water partition coefficient (Wildman–Crippen LogP) is -1.03. The third-order valence-electron chi connectivity index (χ3n) is 1.48. The molecule has 0 aromatic rings. The molecule has 2 atom stereocenters. The predicted molar refractivity (Wildman–Crippen MR) is 49.9 cm³/mol. The van der Waals surface area contributed by atoms with Crippen LogP contribution < -0.4 is 16.4 Å². The molecule has 5 heteroatoms. The Hall–Kier alpha value is -1.10. The number of nitrogens with one attached hydrogen (secondary N) is 2. The van der Waals surface area contributed by atoms with E-state index in [9.17, 15) is 9.59 Å². The maximum atomic E-state index is 11.0. The number of carbonyl (C=O) groups excluding carboxylic acids is 2. The van der Waals surface area contributed by atoms with Crippen LogP contribution in [0.2, 0.25) is 0 Å². The maximum absolute atomic E-state index is 11.0. The summed E-state index contributed by atoms with van der Waals surface area (Å²) < 4.78 is 0. The molecule has 0 aromatic carbocycles. The average molecular weight is 187 g/mol. The number of hydrogen-bond donors (Lipinski definition) is 3. The van der Waals surface area contributed by atoms with Gasteiger partial charge in [-0.05, 0) is 20.3 Å². The molecule has 0 aliphatic rings. The van der Waals surface area contributed by atoms with E-state index in [-0.39, 0.29) is 24.5 Å². The lowest BCUT2D eigenvalue weighted by Crippen LogP contribution is -2.40. The molecular formula is C8H17N3O2. The highest BCUT2D eigenvalue weighted by atomic mass is 16.2. The fourth-order valence-electron chi connectivity index (χ4n) is 1.08. The molecule has 76 valence electrons. The molecule has 0 aromatic heterocycles. The summed E-state index contributed by atoms with van der Waals surface area (Å²) in [6, 6.07) is 0.107. The summed E-state index contributed by atoms with van der Waals surface area (Å²) in [5.74, 6) is -0.194. The first-order chi connectivity index (χ1) is 6.06. The average Bonchev–Trinajstić information content (AvgIpc) is 1.98. The molecule has 0 heterocycles. The van der Waals surface area contributed by atoms with E-state index in [0.717, 1.165) is 6.42 Å². The standard InChI is InChI=1S/C8H17N3O2/c1-6(9)3-7(2)11-8(13)4-10-5-12/h5-7H,3-4,9H2,1-2H3,(H,10,12)(H,11,13). The summed E-state index contributed by atoms with van der Waals surface area (Å²) >= 11 is 0. The lowest BCUT2D eigenvalue weighted by Gasteiger charge is -2.15. The van der Waals surface area contributed by atoms with Crippen LogP contribution in [-0.4, -0.2) is 30.9 Å². The Morgan fingerprint density at radius 3 is 2.62 bits per heavy atom. The van der Waals surface area contributed by atoms with Gasteiger partial charge in [-0.15, -0.1) is 0 Å². The zero-order chi connectivity index (χ0) is 10.3. The Kier molecular flexibility index (Phi) is 5.88. The molecule has 13 heavy (non-hydrogen) atoms. The Morgan fingerprint density at radius 1 is 1.54 bits per heavy atom. The highest BCUT2D eigenvalue weighted by Gasteiger charge is 2.07. The van der Waals surface area contributed by atoms with E-state index in [1.807, 2.05) is 13.8 Å². The van der Waals surface area contributed by atoms with Crippen LogP contribution in [0.4, 0.5) is 0 Å². The Balaban J connectivity index is 3.58. The molecule has 0 fully saturated rings. The lowest BCUT2D eigenvalue weighted by atomic mass is 10.1. The number of nitrogens with two attached hydrogens (primary N) is 1. The highest BCUT2D eigenvalue weighted by Crippen LogP contribution is 1.93. The number of carbonyl (C=O) groups is 2. The fraction of sp³-hybridized carbons (Fsp3) is 0.750. The van der Waals surface area contributed by atoms with Crippen LogP contribution in [0.5, 0.6) is 0 Å². The number of rotatable bonds is 6. The van der Waals surface area contributed by atoms with Gasteiger partial charge in [0, 0.05) is 12.1 Å². The van der Waals surface area contributed by atoms with Gasteiger partial charge >= 0.3 is 0 Å². The van der Waals surface area contributed by atoms with Gasteiger partial charge in [-0.3, -0.25) is 9.59 Å². The van der Waals surface area contributed by atoms with Gasteiger partial charge in [0.2, 0.25) is 12.3 Å². The Morgan fingerprint density at radius 2 is 2.15 bits per heavy atom. The summed E-state index contributed by atoms with van der Waals surface area (Å²) in [7, 11) is 0. The fourth-order valence-corrected chi connectivity index (χ4v) is 1.08. The number of hydrogen-bond acceptors (Lipinski definition) is 3. The van der Waals surface area contributed by atoms with Crippen LogP contribution in [0.25, 0.3) is 0 Å². The summed E-state index contributed by atoms with van der Waals surface area (Å²) in [6.07, 6.45) is 1.22. The summed E-state index contributed by atoms with van der Waals surface area (Å²) in [4.78, 5) is 20.9. The Bertz CT molecular complexity index is 171. The first kappa shape index (κ1) is 11.9. The van der Waals surface area contributed by atoms with Gasteiger partial charge in [0.25, 0.3) is 0 Å². The van der Waals surface area contributed by atoms with E-state index in [0.29, 0.717) is 6.41 Å². The minimum Gasteiger partial charge on any atom is -0.352 e. The van der Waals surface area contributed by atoms with Gasteiger partial charge in [-0.25, -0.2) is 0 Å². The van der Waals surface area contributed by atoms with Crippen LogP contribution in [0.15, 0.2) is 0 Å². The first-order valence-corrected chi connectivity index (χ1v) is 4.28. The molecule has 0 saturated heterocycles. The summed E-state index contributed by atoms with van der Waals surface area (Å²) in [6.45, 7) is 3.78. The summed E-state index contributed by atoms with van der Waals surface area (Å²) in [5, 5.41) is 4.99. The van der Waals surface area contributed by atoms with E-state index < -0.39 is 0 Å². The monoisotopic (exact) mass is 187 g/mol. The van der Waals surface area contributed by atoms with Gasteiger partial charge < -0.3 is 16.4 Å². The van der Waals surface area contributed by atoms with Crippen LogP contribution in [0.3, 0.4) is 0 Å². The van der Waals surface area contributed by atoms with Gasteiger partial charge in [0.15, 0.2) is 0 Å². The maximum Gasteiger partial charge on any atom is 0.239 e. The van der Waals surface area contributed by atoms with Gasteiger partial charge in [-0.1, -0.05) is 0 Å². The van der Waals surface area contributed by atoms with Crippen molar-refractivity contribution in [2.45, 2.75) is 32.4 Å². The van der Waals surface area contributed by atoms with Crippen molar-refractivity contribution in [3.63, 3.8) is 0 Å². The minimum absolute atomic E-state index is 0.0206. The molecule has 5 nitrogen and oxygen atoms in total. The number of amides is 2. The van der Waals surface area contributed by atoms with Crippen molar-refractivity contribution in [2.75, 3.05) is 6.54 Å². The van der Waals surface area contributed by atoms with Crippen molar-refractivity contribution in [3.8, 4) is 0 Å². The minimum atomic E-state index is -0.194. The van der Waals surface area contributed by atoms with Crippen molar-refractivity contribution in [3.05, 3.63) is 0 Å². The van der Waals surface area contributed by atoms with E-state index >= 15 is 0 Å². The molecule has 0 spiro atoms. The Labute approximate surface area is 78.1 Å². The second-order valence-electron chi connectivity index (χ2n) is 3.18. The zero-order valence-electron chi connectivity index (χ0n) is 8.04. The first-order valence-electron chi connectivity index (χ1n) is 4.28. The molecule has 0 saturated carbocycles.